The highest BCUT2D eigenvalue weighted by atomic mass is 16.5. The first-order chi connectivity index (χ1) is 7.79. The molecule has 0 aromatic carbocycles. The van der Waals surface area contributed by atoms with E-state index in [1.54, 1.807) is 0 Å². The van der Waals surface area contributed by atoms with Gasteiger partial charge in [-0.3, -0.25) is 4.90 Å². The molecule has 1 saturated carbocycles. The molecule has 1 heterocycles. The second-order valence-corrected chi connectivity index (χ2v) is 5.28. The molecule has 0 amide bonds. The van der Waals surface area contributed by atoms with Gasteiger partial charge in [-0.1, -0.05) is 0 Å². The van der Waals surface area contributed by atoms with Gasteiger partial charge in [-0.2, -0.15) is 0 Å². The lowest BCUT2D eigenvalue weighted by molar-refractivity contribution is 0.0559. The van der Waals surface area contributed by atoms with Gasteiger partial charge >= 0.3 is 0 Å². The molecule has 2 atom stereocenters. The zero-order chi connectivity index (χ0) is 11.4. The molecule has 1 aliphatic carbocycles. The quantitative estimate of drug-likeness (QED) is 0.745. The fourth-order valence-corrected chi connectivity index (χ4v) is 2.52. The van der Waals surface area contributed by atoms with Crippen LogP contribution >= 0.6 is 0 Å². The van der Waals surface area contributed by atoms with Gasteiger partial charge in [0.25, 0.3) is 0 Å². The number of nitrogens with zero attached hydrogens (tertiary/aromatic N) is 1. The van der Waals surface area contributed by atoms with Gasteiger partial charge in [0.05, 0.1) is 6.61 Å². The smallest absolute Gasteiger partial charge is 0.0619 e. The molecule has 0 aromatic heterocycles. The Balaban J connectivity index is 1.71. The molecule has 0 spiro atoms. The van der Waals surface area contributed by atoms with E-state index in [0.717, 1.165) is 25.3 Å². The highest BCUT2D eigenvalue weighted by Crippen LogP contribution is 2.22. The van der Waals surface area contributed by atoms with Crippen molar-refractivity contribution in [3.63, 3.8) is 0 Å². The summed E-state index contributed by atoms with van der Waals surface area (Å²) in [5.41, 5.74) is 0. The summed E-state index contributed by atoms with van der Waals surface area (Å²) < 4.78 is 5.52. The van der Waals surface area contributed by atoms with E-state index in [-0.39, 0.29) is 0 Å². The molecule has 1 aliphatic heterocycles. The average molecular weight is 226 g/mol. The number of ether oxygens (including phenoxy) is 1. The Morgan fingerprint density at radius 3 is 2.81 bits per heavy atom. The zero-order valence-electron chi connectivity index (χ0n) is 10.7. The van der Waals surface area contributed by atoms with Gasteiger partial charge in [0.1, 0.15) is 0 Å². The number of likely N-dealkylation sites (tertiary alicyclic amines) is 1. The fraction of sp³-hybridized carbons (Fsp3) is 1.00. The normalized spacial score (nSPS) is 29.2. The molecule has 0 radical (unpaired) electrons. The molecule has 0 bridgehead atoms. The maximum absolute atomic E-state index is 5.52. The third kappa shape index (κ3) is 3.72. The molecular weight excluding hydrogens is 200 g/mol. The van der Waals surface area contributed by atoms with Crippen molar-refractivity contribution < 1.29 is 4.74 Å². The molecule has 0 aromatic rings. The Hall–Kier alpha value is -0.120. The third-order valence-electron chi connectivity index (χ3n) is 3.69. The molecule has 2 aliphatic rings. The van der Waals surface area contributed by atoms with Crippen molar-refractivity contribution in [2.24, 2.45) is 0 Å². The SMILES string of the molecule is CCOCC(C)N1CCCC(NC2CC2)C1. The van der Waals surface area contributed by atoms with Crippen LogP contribution in [0.2, 0.25) is 0 Å². The summed E-state index contributed by atoms with van der Waals surface area (Å²) in [6.45, 7) is 8.53. The molecule has 1 saturated heterocycles. The van der Waals surface area contributed by atoms with Crippen LogP contribution in [0, 0.1) is 0 Å². The van der Waals surface area contributed by atoms with Crippen molar-refractivity contribution in [3.8, 4) is 0 Å². The van der Waals surface area contributed by atoms with Crippen LogP contribution < -0.4 is 5.32 Å². The number of rotatable bonds is 6. The van der Waals surface area contributed by atoms with Crippen LogP contribution in [0.3, 0.4) is 0 Å². The van der Waals surface area contributed by atoms with Gasteiger partial charge < -0.3 is 10.1 Å². The van der Waals surface area contributed by atoms with Crippen LogP contribution in [-0.4, -0.2) is 49.3 Å². The summed E-state index contributed by atoms with van der Waals surface area (Å²) in [6.07, 6.45) is 5.48. The van der Waals surface area contributed by atoms with Crippen LogP contribution in [-0.2, 0) is 4.74 Å². The molecule has 2 rings (SSSR count). The second-order valence-electron chi connectivity index (χ2n) is 5.28. The molecular formula is C13H26N2O. The molecule has 2 unspecified atom stereocenters. The molecule has 2 fully saturated rings. The number of nitrogens with one attached hydrogen (secondary N) is 1. The van der Waals surface area contributed by atoms with E-state index in [1.807, 2.05) is 0 Å². The van der Waals surface area contributed by atoms with Crippen LogP contribution in [0.4, 0.5) is 0 Å². The predicted molar refractivity (Wildman–Crippen MR) is 66.7 cm³/mol. The Bertz CT molecular complexity index is 206. The number of piperidine rings is 1. The minimum Gasteiger partial charge on any atom is -0.380 e. The molecule has 3 heteroatoms. The van der Waals surface area contributed by atoms with Crippen LogP contribution in [0.1, 0.15) is 39.5 Å². The Kier molecular flexibility index (Phi) is 4.62. The Morgan fingerprint density at radius 2 is 2.12 bits per heavy atom. The van der Waals surface area contributed by atoms with Crippen molar-refractivity contribution in [1.29, 1.82) is 0 Å². The van der Waals surface area contributed by atoms with Crippen molar-refractivity contribution in [3.05, 3.63) is 0 Å². The lowest BCUT2D eigenvalue weighted by Crippen LogP contribution is -2.50. The van der Waals surface area contributed by atoms with E-state index in [9.17, 15) is 0 Å². The first-order valence-corrected chi connectivity index (χ1v) is 6.87. The Morgan fingerprint density at radius 1 is 1.31 bits per heavy atom. The zero-order valence-corrected chi connectivity index (χ0v) is 10.7. The minimum absolute atomic E-state index is 0.573. The van der Waals surface area contributed by atoms with Gasteiger partial charge in [0.2, 0.25) is 0 Å². The summed E-state index contributed by atoms with van der Waals surface area (Å²) in [4.78, 5) is 2.58. The van der Waals surface area contributed by atoms with Crippen LogP contribution in [0.15, 0.2) is 0 Å². The van der Waals surface area contributed by atoms with E-state index in [1.165, 1.54) is 38.8 Å². The highest BCUT2D eigenvalue weighted by Gasteiger charge is 2.28. The van der Waals surface area contributed by atoms with E-state index >= 15 is 0 Å². The van der Waals surface area contributed by atoms with Gasteiger partial charge in [0.15, 0.2) is 0 Å². The predicted octanol–water partition coefficient (Wildman–Crippen LogP) is 1.63. The van der Waals surface area contributed by atoms with E-state index in [0.29, 0.717) is 6.04 Å². The monoisotopic (exact) mass is 226 g/mol. The van der Waals surface area contributed by atoms with Gasteiger partial charge in [-0.25, -0.2) is 0 Å². The van der Waals surface area contributed by atoms with E-state index in [4.69, 9.17) is 4.74 Å². The largest absolute Gasteiger partial charge is 0.380 e. The first kappa shape index (κ1) is 12.3. The Labute approximate surface area is 99.5 Å². The topological polar surface area (TPSA) is 24.5 Å². The maximum atomic E-state index is 5.52. The minimum atomic E-state index is 0.573. The van der Waals surface area contributed by atoms with Gasteiger partial charge in [-0.05, 0) is 46.1 Å². The average Bonchev–Trinajstić information content (AvgIpc) is 3.10. The third-order valence-corrected chi connectivity index (χ3v) is 3.69. The van der Waals surface area contributed by atoms with E-state index in [2.05, 4.69) is 24.1 Å². The summed E-state index contributed by atoms with van der Waals surface area (Å²) >= 11 is 0. The fourth-order valence-electron chi connectivity index (χ4n) is 2.52. The molecule has 1 N–H and O–H groups in total. The van der Waals surface area contributed by atoms with Gasteiger partial charge in [0, 0.05) is 31.3 Å². The second kappa shape index (κ2) is 5.99. The summed E-state index contributed by atoms with van der Waals surface area (Å²) in [5.74, 6) is 0. The maximum Gasteiger partial charge on any atom is 0.0619 e. The summed E-state index contributed by atoms with van der Waals surface area (Å²) in [5, 5.41) is 3.75. The van der Waals surface area contributed by atoms with Crippen molar-refractivity contribution in [1.82, 2.24) is 10.2 Å². The number of hydrogen-bond acceptors (Lipinski definition) is 3. The van der Waals surface area contributed by atoms with Crippen LogP contribution in [0.5, 0.6) is 0 Å². The van der Waals surface area contributed by atoms with E-state index < -0.39 is 0 Å². The summed E-state index contributed by atoms with van der Waals surface area (Å²) in [7, 11) is 0. The lowest BCUT2D eigenvalue weighted by atomic mass is 10.0. The van der Waals surface area contributed by atoms with Crippen LogP contribution in [0.25, 0.3) is 0 Å². The van der Waals surface area contributed by atoms with Crippen molar-refractivity contribution in [2.45, 2.75) is 57.7 Å². The standard InChI is InChI=1S/C13H26N2O/c1-3-16-10-11(2)15-8-4-5-13(9-15)14-12-6-7-12/h11-14H,3-10H2,1-2H3. The van der Waals surface area contributed by atoms with Crippen molar-refractivity contribution in [2.75, 3.05) is 26.3 Å². The highest BCUT2D eigenvalue weighted by molar-refractivity contribution is 4.88. The molecule has 16 heavy (non-hydrogen) atoms. The summed E-state index contributed by atoms with van der Waals surface area (Å²) in [6, 6.07) is 2.14. The lowest BCUT2D eigenvalue weighted by Gasteiger charge is -2.37. The molecule has 3 nitrogen and oxygen atoms in total. The van der Waals surface area contributed by atoms with Crippen molar-refractivity contribution >= 4 is 0 Å². The first-order valence-electron chi connectivity index (χ1n) is 6.87. The van der Waals surface area contributed by atoms with Gasteiger partial charge in [-0.15, -0.1) is 0 Å². The number of hydrogen-bond donors (Lipinski definition) is 1. The molecule has 94 valence electrons.